The van der Waals surface area contributed by atoms with Crippen LogP contribution < -0.4 is 4.74 Å². The maximum Gasteiger partial charge on any atom is 0.341 e. The van der Waals surface area contributed by atoms with Crippen LogP contribution in [0.5, 0.6) is 5.75 Å². The first kappa shape index (κ1) is 16.0. The number of nitrogens with zero attached hydrogens (tertiary/aromatic N) is 2. The van der Waals surface area contributed by atoms with Gasteiger partial charge in [0.1, 0.15) is 17.9 Å². The van der Waals surface area contributed by atoms with Crippen molar-refractivity contribution in [1.82, 2.24) is 9.78 Å². The van der Waals surface area contributed by atoms with Crippen molar-refractivity contribution < 1.29 is 14.3 Å². The van der Waals surface area contributed by atoms with Gasteiger partial charge >= 0.3 is 5.97 Å². The quantitative estimate of drug-likeness (QED) is 0.696. The van der Waals surface area contributed by atoms with Gasteiger partial charge < -0.3 is 9.47 Å². The summed E-state index contributed by atoms with van der Waals surface area (Å²) in [7, 11) is 1.76. The Balaban J connectivity index is 2.21. The van der Waals surface area contributed by atoms with Gasteiger partial charge in [-0.05, 0) is 50.9 Å². The molecule has 1 aromatic heterocycles. The molecule has 0 aliphatic rings. The van der Waals surface area contributed by atoms with E-state index in [4.69, 9.17) is 9.47 Å². The number of esters is 1. The molecule has 0 spiro atoms. The topological polar surface area (TPSA) is 53.3 Å². The summed E-state index contributed by atoms with van der Waals surface area (Å²) in [5.41, 5.74) is 1.08. The normalized spacial score (nSPS) is 10.5. The van der Waals surface area contributed by atoms with E-state index in [-0.39, 0.29) is 6.61 Å². The summed E-state index contributed by atoms with van der Waals surface area (Å²) in [5.74, 6) is 0.281. The minimum Gasteiger partial charge on any atom is -0.485 e. The number of carbonyl (C=O) groups is 1. The highest BCUT2D eigenvalue weighted by Crippen LogP contribution is 2.33. The SMILES string of the molecule is CCOC(=O)c1cnn(C)c1COc1c(Br)cccc1Br. The number of para-hydroxylation sites is 1. The van der Waals surface area contributed by atoms with Crippen LogP contribution >= 0.6 is 31.9 Å². The fourth-order valence-electron chi connectivity index (χ4n) is 1.77. The lowest BCUT2D eigenvalue weighted by Crippen LogP contribution is -2.11. The van der Waals surface area contributed by atoms with Gasteiger partial charge in [-0.15, -0.1) is 0 Å². The fraction of sp³-hybridized carbons (Fsp3) is 0.286. The second-order valence-electron chi connectivity index (χ2n) is 4.19. The summed E-state index contributed by atoms with van der Waals surface area (Å²) < 4.78 is 14.1. The molecular weight excluding hydrogens is 404 g/mol. The third kappa shape index (κ3) is 3.65. The lowest BCUT2D eigenvalue weighted by atomic mass is 10.2. The lowest BCUT2D eigenvalue weighted by Gasteiger charge is -2.11. The summed E-state index contributed by atoms with van der Waals surface area (Å²) in [6.07, 6.45) is 1.49. The minimum absolute atomic E-state index is 0.214. The van der Waals surface area contributed by atoms with Gasteiger partial charge in [0.15, 0.2) is 0 Å². The predicted molar refractivity (Wildman–Crippen MR) is 85.3 cm³/mol. The number of rotatable bonds is 5. The second kappa shape index (κ2) is 7.09. The third-order valence-corrected chi connectivity index (χ3v) is 4.08. The van der Waals surface area contributed by atoms with Crippen LogP contribution in [0.25, 0.3) is 0 Å². The highest BCUT2D eigenvalue weighted by atomic mass is 79.9. The molecule has 0 fully saturated rings. The van der Waals surface area contributed by atoms with Crippen molar-refractivity contribution in [3.8, 4) is 5.75 Å². The highest BCUT2D eigenvalue weighted by molar-refractivity contribution is 9.11. The van der Waals surface area contributed by atoms with Crippen molar-refractivity contribution in [2.45, 2.75) is 13.5 Å². The first-order valence-electron chi connectivity index (χ1n) is 6.29. The predicted octanol–water partition coefficient (Wildman–Crippen LogP) is 3.70. The van der Waals surface area contributed by atoms with E-state index in [1.165, 1.54) is 6.20 Å². The van der Waals surface area contributed by atoms with Gasteiger partial charge in [-0.25, -0.2) is 4.79 Å². The van der Waals surface area contributed by atoms with E-state index in [2.05, 4.69) is 37.0 Å². The Kier molecular flexibility index (Phi) is 5.41. The molecule has 2 rings (SSSR count). The largest absolute Gasteiger partial charge is 0.485 e. The second-order valence-corrected chi connectivity index (χ2v) is 5.90. The maximum atomic E-state index is 11.9. The van der Waals surface area contributed by atoms with Gasteiger partial charge in [0, 0.05) is 7.05 Å². The average molecular weight is 418 g/mol. The van der Waals surface area contributed by atoms with Crippen LogP contribution in [0.2, 0.25) is 0 Å². The van der Waals surface area contributed by atoms with Gasteiger partial charge in [-0.2, -0.15) is 5.10 Å². The lowest BCUT2D eigenvalue weighted by molar-refractivity contribution is 0.0523. The van der Waals surface area contributed by atoms with E-state index in [9.17, 15) is 4.79 Å². The molecule has 0 radical (unpaired) electrons. The monoisotopic (exact) mass is 416 g/mol. The molecule has 1 heterocycles. The van der Waals surface area contributed by atoms with E-state index in [0.717, 1.165) is 8.95 Å². The number of benzene rings is 1. The number of carbonyl (C=O) groups excluding carboxylic acids is 1. The first-order valence-corrected chi connectivity index (χ1v) is 7.88. The van der Waals surface area contributed by atoms with Crippen molar-refractivity contribution in [2.75, 3.05) is 6.61 Å². The van der Waals surface area contributed by atoms with Crippen LogP contribution in [0.3, 0.4) is 0 Å². The summed E-state index contributed by atoms with van der Waals surface area (Å²) in [6, 6.07) is 5.67. The fourth-order valence-corrected chi connectivity index (χ4v) is 3.00. The van der Waals surface area contributed by atoms with Gasteiger partial charge in [0.25, 0.3) is 0 Å². The van der Waals surface area contributed by atoms with Crippen molar-refractivity contribution in [3.63, 3.8) is 0 Å². The molecule has 0 saturated carbocycles. The first-order chi connectivity index (χ1) is 10.0. The smallest absolute Gasteiger partial charge is 0.341 e. The van der Waals surface area contributed by atoms with Gasteiger partial charge in [-0.1, -0.05) is 6.07 Å². The highest BCUT2D eigenvalue weighted by Gasteiger charge is 2.18. The standard InChI is InChI=1S/C14H14Br2N2O3/c1-3-20-14(19)9-7-17-18(2)12(9)8-21-13-10(15)5-4-6-11(13)16/h4-7H,3,8H2,1-2H3. The zero-order valence-corrected chi connectivity index (χ0v) is 14.8. The summed E-state index contributed by atoms with van der Waals surface area (Å²) in [6.45, 7) is 2.30. The third-order valence-electron chi connectivity index (χ3n) is 2.83. The molecule has 0 aliphatic heterocycles. The van der Waals surface area contributed by atoms with E-state index >= 15 is 0 Å². The van der Waals surface area contributed by atoms with E-state index in [0.29, 0.717) is 23.6 Å². The van der Waals surface area contributed by atoms with Crippen molar-refractivity contribution in [3.05, 3.63) is 44.6 Å². The minimum atomic E-state index is -0.393. The zero-order valence-electron chi connectivity index (χ0n) is 11.6. The van der Waals surface area contributed by atoms with Crippen LogP contribution in [0.15, 0.2) is 33.3 Å². The molecule has 0 N–H and O–H groups in total. The number of aryl methyl sites for hydroxylation is 1. The van der Waals surface area contributed by atoms with Crippen molar-refractivity contribution in [2.24, 2.45) is 7.05 Å². The van der Waals surface area contributed by atoms with Crippen molar-refractivity contribution in [1.29, 1.82) is 0 Å². The Hall–Kier alpha value is -1.34. The number of hydrogen-bond acceptors (Lipinski definition) is 4. The zero-order chi connectivity index (χ0) is 15.4. The Morgan fingerprint density at radius 3 is 2.62 bits per heavy atom. The molecule has 0 bridgehead atoms. The van der Waals surface area contributed by atoms with E-state index in [1.807, 2.05) is 18.2 Å². The summed E-state index contributed by atoms with van der Waals surface area (Å²) >= 11 is 6.87. The van der Waals surface area contributed by atoms with Gasteiger partial charge in [0.2, 0.25) is 0 Å². The molecule has 21 heavy (non-hydrogen) atoms. The molecule has 0 saturated heterocycles. The molecule has 112 valence electrons. The van der Waals surface area contributed by atoms with E-state index < -0.39 is 5.97 Å². The molecule has 0 atom stereocenters. The Morgan fingerprint density at radius 1 is 1.33 bits per heavy atom. The number of halogens is 2. The number of ether oxygens (including phenoxy) is 2. The Morgan fingerprint density at radius 2 is 2.00 bits per heavy atom. The van der Waals surface area contributed by atoms with Crippen molar-refractivity contribution >= 4 is 37.8 Å². The number of hydrogen-bond donors (Lipinski definition) is 0. The summed E-state index contributed by atoms with van der Waals surface area (Å²) in [5, 5.41) is 4.09. The molecular formula is C14H14Br2N2O3. The van der Waals surface area contributed by atoms with E-state index in [1.54, 1.807) is 18.7 Å². The molecule has 0 amide bonds. The van der Waals surface area contributed by atoms with Gasteiger partial charge in [0.05, 0.1) is 27.4 Å². The molecule has 1 aromatic carbocycles. The number of aromatic nitrogens is 2. The van der Waals surface area contributed by atoms with Crippen LogP contribution in [-0.2, 0) is 18.4 Å². The van der Waals surface area contributed by atoms with Crippen LogP contribution in [0.1, 0.15) is 23.0 Å². The average Bonchev–Trinajstić information content (AvgIpc) is 2.80. The van der Waals surface area contributed by atoms with Gasteiger partial charge in [-0.3, -0.25) is 4.68 Å². The van der Waals surface area contributed by atoms with Crippen LogP contribution in [-0.4, -0.2) is 22.4 Å². The van der Waals surface area contributed by atoms with Crippen LogP contribution in [0.4, 0.5) is 0 Å². The Labute approximate surface area is 139 Å². The molecule has 2 aromatic rings. The molecule has 5 nitrogen and oxygen atoms in total. The molecule has 0 aliphatic carbocycles. The maximum absolute atomic E-state index is 11.9. The Bertz CT molecular complexity index is 635. The molecule has 7 heteroatoms. The summed E-state index contributed by atoms with van der Waals surface area (Å²) in [4.78, 5) is 11.9. The molecule has 0 unspecified atom stereocenters. The van der Waals surface area contributed by atoms with Crippen LogP contribution in [0, 0.1) is 0 Å².